The first-order chi connectivity index (χ1) is 10.2. The van der Waals surface area contributed by atoms with Gasteiger partial charge in [0.1, 0.15) is 0 Å². The fourth-order valence-corrected chi connectivity index (χ4v) is 3.30. The smallest absolute Gasteiger partial charge is 0.335 e. The number of hydrogen-bond acceptors (Lipinski definition) is 2. The molecule has 3 nitrogen and oxygen atoms in total. The van der Waals surface area contributed by atoms with E-state index in [0.29, 0.717) is 11.6 Å². The van der Waals surface area contributed by atoms with Crippen LogP contribution in [0, 0.1) is 0 Å². The lowest BCUT2D eigenvalue weighted by molar-refractivity contribution is 0.0695. The zero-order valence-electron chi connectivity index (χ0n) is 13.1. The number of aromatic carboxylic acids is 1. The van der Waals surface area contributed by atoms with E-state index in [4.69, 9.17) is 0 Å². The van der Waals surface area contributed by atoms with Crippen LogP contribution >= 0.6 is 0 Å². The third kappa shape index (κ3) is 4.85. The summed E-state index contributed by atoms with van der Waals surface area (Å²) in [6, 6.07) is 8.04. The Morgan fingerprint density at radius 1 is 1.14 bits per heavy atom. The molecular weight excluding hydrogens is 262 g/mol. The van der Waals surface area contributed by atoms with Crippen molar-refractivity contribution >= 4 is 5.97 Å². The summed E-state index contributed by atoms with van der Waals surface area (Å²) in [5.41, 5.74) is 1.39. The number of carboxylic acids is 1. The van der Waals surface area contributed by atoms with Crippen LogP contribution in [0.4, 0.5) is 0 Å². The molecule has 1 aromatic carbocycles. The molecule has 0 saturated heterocycles. The molecule has 21 heavy (non-hydrogen) atoms. The van der Waals surface area contributed by atoms with E-state index in [1.54, 1.807) is 12.1 Å². The van der Waals surface area contributed by atoms with Gasteiger partial charge in [-0.15, -0.1) is 0 Å². The van der Waals surface area contributed by atoms with E-state index >= 15 is 0 Å². The second-order valence-corrected chi connectivity index (χ2v) is 6.19. The number of carbonyl (C=O) groups is 1. The van der Waals surface area contributed by atoms with E-state index in [-0.39, 0.29) is 0 Å². The number of likely N-dealkylation sites (N-methyl/N-ethyl adjacent to an activating group) is 1. The van der Waals surface area contributed by atoms with Gasteiger partial charge in [0.25, 0.3) is 0 Å². The van der Waals surface area contributed by atoms with E-state index < -0.39 is 5.97 Å². The van der Waals surface area contributed by atoms with Crippen molar-refractivity contribution in [2.75, 3.05) is 13.6 Å². The highest BCUT2D eigenvalue weighted by Gasteiger charge is 2.17. The number of rotatable bonds is 5. The third-order valence-corrected chi connectivity index (χ3v) is 4.68. The van der Waals surface area contributed by atoms with E-state index in [9.17, 15) is 9.90 Å². The summed E-state index contributed by atoms with van der Waals surface area (Å²) in [5.74, 6) is -0.820. The van der Waals surface area contributed by atoms with Crippen LogP contribution in [-0.2, 0) is 6.42 Å². The van der Waals surface area contributed by atoms with Crippen LogP contribution in [0.5, 0.6) is 0 Å². The average Bonchev–Trinajstić information content (AvgIpc) is 2.44. The minimum Gasteiger partial charge on any atom is -0.478 e. The standard InChI is InChI=1S/C18H27NO2/c1-19(16-10-5-3-2-4-6-11-16)14-13-15-9-7-8-12-17(15)18(20)21/h7-9,12,16H,2-6,10-11,13-14H2,1H3,(H,20,21). The van der Waals surface area contributed by atoms with E-state index in [1.807, 2.05) is 12.1 Å². The molecule has 0 radical (unpaired) electrons. The van der Waals surface area contributed by atoms with Gasteiger partial charge in [-0.05, 0) is 37.9 Å². The minimum atomic E-state index is -0.820. The van der Waals surface area contributed by atoms with Gasteiger partial charge in [-0.2, -0.15) is 0 Å². The topological polar surface area (TPSA) is 40.5 Å². The summed E-state index contributed by atoms with van der Waals surface area (Å²) in [4.78, 5) is 13.7. The van der Waals surface area contributed by atoms with Crippen molar-refractivity contribution in [3.8, 4) is 0 Å². The molecule has 2 rings (SSSR count). The highest BCUT2D eigenvalue weighted by molar-refractivity contribution is 5.89. The molecule has 0 amide bonds. The van der Waals surface area contributed by atoms with Crippen molar-refractivity contribution < 1.29 is 9.90 Å². The average molecular weight is 289 g/mol. The van der Waals surface area contributed by atoms with Crippen LogP contribution in [0.25, 0.3) is 0 Å². The Bertz CT molecular complexity index is 450. The summed E-state index contributed by atoms with van der Waals surface area (Å²) in [7, 11) is 2.19. The molecule has 0 spiro atoms. The van der Waals surface area contributed by atoms with Crippen LogP contribution < -0.4 is 0 Å². The van der Waals surface area contributed by atoms with E-state index in [1.165, 1.54) is 44.9 Å². The highest BCUT2D eigenvalue weighted by Crippen LogP contribution is 2.21. The Kier molecular flexibility index (Phi) is 6.24. The Hall–Kier alpha value is -1.35. The molecule has 1 aliphatic carbocycles. The summed E-state index contributed by atoms with van der Waals surface area (Å²) in [5, 5.41) is 9.23. The van der Waals surface area contributed by atoms with Crippen molar-refractivity contribution in [2.45, 2.75) is 57.4 Å². The summed E-state index contributed by atoms with van der Waals surface area (Å²) < 4.78 is 0. The molecule has 0 heterocycles. The van der Waals surface area contributed by atoms with Crippen molar-refractivity contribution in [1.82, 2.24) is 4.90 Å². The molecule has 1 N–H and O–H groups in total. The molecule has 1 aliphatic rings. The zero-order valence-corrected chi connectivity index (χ0v) is 13.1. The molecule has 116 valence electrons. The van der Waals surface area contributed by atoms with Crippen molar-refractivity contribution in [2.24, 2.45) is 0 Å². The molecule has 0 aromatic heterocycles. The monoisotopic (exact) mass is 289 g/mol. The van der Waals surface area contributed by atoms with Crippen LogP contribution in [0.15, 0.2) is 24.3 Å². The number of carboxylic acid groups (broad SMARTS) is 1. The largest absolute Gasteiger partial charge is 0.478 e. The second kappa shape index (κ2) is 8.18. The van der Waals surface area contributed by atoms with Gasteiger partial charge in [-0.3, -0.25) is 0 Å². The lowest BCUT2D eigenvalue weighted by Crippen LogP contribution is -2.34. The molecule has 1 saturated carbocycles. The van der Waals surface area contributed by atoms with E-state index in [0.717, 1.165) is 18.5 Å². The number of hydrogen-bond donors (Lipinski definition) is 1. The zero-order chi connectivity index (χ0) is 15.1. The number of benzene rings is 1. The van der Waals surface area contributed by atoms with Crippen LogP contribution in [-0.4, -0.2) is 35.6 Å². The molecule has 0 aliphatic heterocycles. The fraction of sp³-hybridized carbons (Fsp3) is 0.611. The Morgan fingerprint density at radius 2 is 1.76 bits per heavy atom. The first kappa shape index (κ1) is 16.0. The molecule has 0 atom stereocenters. The first-order valence-electron chi connectivity index (χ1n) is 8.20. The predicted molar refractivity (Wildman–Crippen MR) is 85.8 cm³/mol. The van der Waals surface area contributed by atoms with Gasteiger partial charge in [0, 0.05) is 12.6 Å². The Labute approximate surface area is 128 Å². The van der Waals surface area contributed by atoms with Gasteiger partial charge >= 0.3 is 5.97 Å². The first-order valence-corrected chi connectivity index (χ1v) is 8.20. The predicted octanol–water partition coefficient (Wildman–Crippen LogP) is 3.97. The van der Waals surface area contributed by atoms with Gasteiger partial charge in [-0.25, -0.2) is 4.79 Å². The maximum absolute atomic E-state index is 11.2. The lowest BCUT2D eigenvalue weighted by Gasteiger charge is -2.29. The molecule has 0 unspecified atom stereocenters. The van der Waals surface area contributed by atoms with Crippen molar-refractivity contribution in [3.63, 3.8) is 0 Å². The van der Waals surface area contributed by atoms with Crippen LogP contribution in [0.3, 0.4) is 0 Å². The van der Waals surface area contributed by atoms with Gasteiger partial charge < -0.3 is 10.0 Å². The summed E-state index contributed by atoms with van der Waals surface area (Å²) in [6.45, 7) is 0.939. The van der Waals surface area contributed by atoms with Gasteiger partial charge in [0.2, 0.25) is 0 Å². The Balaban J connectivity index is 1.91. The van der Waals surface area contributed by atoms with Gasteiger partial charge in [0.15, 0.2) is 0 Å². The van der Waals surface area contributed by atoms with Gasteiger partial charge in [-0.1, -0.05) is 50.3 Å². The summed E-state index contributed by atoms with van der Waals surface area (Å²) in [6.07, 6.45) is 10.2. The number of nitrogens with zero attached hydrogens (tertiary/aromatic N) is 1. The fourth-order valence-electron chi connectivity index (χ4n) is 3.30. The molecule has 0 bridgehead atoms. The van der Waals surface area contributed by atoms with Gasteiger partial charge in [0.05, 0.1) is 5.56 Å². The normalized spacial score (nSPS) is 17.4. The third-order valence-electron chi connectivity index (χ3n) is 4.68. The SMILES string of the molecule is CN(CCc1ccccc1C(=O)O)C1CCCCCCC1. The summed E-state index contributed by atoms with van der Waals surface area (Å²) >= 11 is 0. The quantitative estimate of drug-likeness (QED) is 0.891. The van der Waals surface area contributed by atoms with Crippen LogP contribution in [0.2, 0.25) is 0 Å². The minimum absolute atomic E-state index is 0.448. The second-order valence-electron chi connectivity index (χ2n) is 6.19. The lowest BCUT2D eigenvalue weighted by atomic mass is 9.95. The van der Waals surface area contributed by atoms with Crippen molar-refractivity contribution in [1.29, 1.82) is 0 Å². The molecule has 3 heteroatoms. The maximum atomic E-state index is 11.2. The van der Waals surface area contributed by atoms with Crippen molar-refractivity contribution in [3.05, 3.63) is 35.4 Å². The van der Waals surface area contributed by atoms with Crippen LogP contribution in [0.1, 0.15) is 60.9 Å². The molecule has 1 aromatic rings. The maximum Gasteiger partial charge on any atom is 0.335 e. The molecule has 1 fully saturated rings. The molecular formula is C18H27NO2. The van der Waals surface area contributed by atoms with E-state index in [2.05, 4.69) is 11.9 Å². The highest BCUT2D eigenvalue weighted by atomic mass is 16.4. The Morgan fingerprint density at radius 3 is 2.43 bits per heavy atom.